The topological polar surface area (TPSA) is 56.7 Å². The molecule has 1 aliphatic carbocycles. The molecule has 1 aromatic rings. The van der Waals surface area contributed by atoms with Crippen molar-refractivity contribution in [3.05, 3.63) is 35.6 Å². The molecular weight excluding hydrogens is 432 g/mol. The van der Waals surface area contributed by atoms with Crippen LogP contribution in [0.2, 0.25) is 0 Å². The molecule has 6 heteroatoms. The highest BCUT2D eigenvalue weighted by molar-refractivity contribution is 14.0. The van der Waals surface area contributed by atoms with Gasteiger partial charge in [-0.05, 0) is 37.5 Å². The molecule has 1 aromatic carbocycles. The van der Waals surface area contributed by atoms with Crippen LogP contribution >= 0.6 is 24.0 Å². The Morgan fingerprint density at radius 3 is 2.68 bits per heavy atom. The fourth-order valence-corrected chi connectivity index (χ4v) is 3.10. The number of hydrogen-bond donors (Lipinski definition) is 3. The average Bonchev–Trinajstić information content (AvgIpc) is 2.95. The minimum absolute atomic E-state index is 0. The van der Waals surface area contributed by atoms with Gasteiger partial charge in [-0.3, -0.25) is 4.99 Å². The van der Waals surface area contributed by atoms with E-state index in [-0.39, 0.29) is 41.3 Å². The van der Waals surface area contributed by atoms with Crippen LogP contribution in [0, 0.1) is 11.7 Å². The summed E-state index contributed by atoms with van der Waals surface area (Å²) in [6.07, 6.45) is 2.84. The lowest BCUT2D eigenvalue weighted by atomic mass is 9.85. The van der Waals surface area contributed by atoms with Crippen LogP contribution in [0.5, 0.6) is 0 Å². The highest BCUT2D eigenvalue weighted by Crippen LogP contribution is 2.25. The van der Waals surface area contributed by atoms with Crippen LogP contribution in [-0.2, 0) is 5.41 Å². The Balaban J connectivity index is 0.00000312. The Hall–Kier alpha value is -0.890. The molecule has 0 aliphatic heterocycles. The first-order valence-electron chi connectivity index (χ1n) is 8.88. The zero-order valence-corrected chi connectivity index (χ0v) is 17.7. The molecule has 1 fully saturated rings. The second-order valence-corrected chi connectivity index (χ2v) is 7.23. The first-order chi connectivity index (χ1) is 11.4. The molecule has 142 valence electrons. The average molecular weight is 463 g/mol. The second-order valence-electron chi connectivity index (χ2n) is 7.23. The van der Waals surface area contributed by atoms with Crippen LogP contribution in [-0.4, -0.2) is 36.8 Å². The summed E-state index contributed by atoms with van der Waals surface area (Å²) in [5.74, 6) is 0.830. The zero-order valence-electron chi connectivity index (χ0n) is 15.4. The Kier molecular flexibility index (Phi) is 9.13. The molecule has 4 nitrogen and oxygen atoms in total. The van der Waals surface area contributed by atoms with Gasteiger partial charge in [-0.25, -0.2) is 4.39 Å². The van der Waals surface area contributed by atoms with Crippen molar-refractivity contribution in [2.75, 3.05) is 19.6 Å². The largest absolute Gasteiger partial charge is 0.393 e. The summed E-state index contributed by atoms with van der Waals surface area (Å²) in [6, 6.07) is 6.71. The fourth-order valence-electron chi connectivity index (χ4n) is 3.10. The summed E-state index contributed by atoms with van der Waals surface area (Å²) >= 11 is 0. The van der Waals surface area contributed by atoms with E-state index in [1.54, 1.807) is 12.1 Å². The smallest absolute Gasteiger partial charge is 0.191 e. The van der Waals surface area contributed by atoms with Gasteiger partial charge in [0.05, 0.1) is 12.6 Å². The van der Waals surface area contributed by atoms with Gasteiger partial charge < -0.3 is 15.7 Å². The summed E-state index contributed by atoms with van der Waals surface area (Å²) in [5, 5.41) is 16.5. The monoisotopic (exact) mass is 463 g/mol. The standard InChI is InChI=1S/C19H30FN3O.HI/c1-4-21-18(22-12-14-7-5-10-17(14)24)23-13-19(2,3)15-8-6-9-16(20)11-15;/h6,8-9,11,14,17,24H,4-5,7,10,12-13H2,1-3H3,(H2,21,22,23);1H. The molecule has 2 rings (SSSR count). The van der Waals surface area contributed by atoms with Crippen LogP contribution in [0.1, 0.15) is 45.6 Å². The molecule has 0 heterocycles. The molecular formula is C19H31FIN3O. The first kappa shape index (κ1) is 22.2. The number of aliphatic hydroxyl groups is 1. The predicted octanol–water partition coefficient (Wildman–Crippen LogP) is 3.44. The minimum atomic E-state index is -0.253. The van der Waals surface area contributed by atoms with Gasteiger partial charge in [0.1, 0.15) is 5.82 Å². The number of rotatable bonds is 6. The number of aliphatic hydroxyl groups excluding tert-OH is 1. The fraction of sp³-hybridized carbons (Fsp3) is 0.632. The highest BCUT2D eigenvalue weighted by atomic mass is 127. The SMILES string of the molecule is CCNC(=NCC(C)(C)c1cccc(F)c1)NCC1CCCC1O.I. The minimum Gasteiger partial charge on any atom is -0.393 e. The number of hydrogen-bond acceptors (Lipinski definition) is 2. The van der Waals surface area contributed by atoms with E-state index >= 15 is 0 Å². The number of guanidine groups is 1. The van der Waals surface area contributed by atoms with Gasteiger partial charge in [-0.15, -0.1) is 24.0 Å². The molecule has 0 spiro atoms. The third-order valence-corrected chi connectivity index (χ3v) is 4.73. The van der Waals surface area contributed by atoms with Crippen molar-refractivity contribution in [1.29, 1.82) is 0 Å². The van der Waals surface area contributed by atoms with Gasteiger partial charge in [0.2, 0.25) is 0 Å². The maximum Gasteiger partial charge on any atom is 0.191 e. The zero-order chi connectivity index (χ0) is 17.6. The normalized spacial score (nSPS) is 20.9. The van der Waals surface area contributed by atoms with Crippen LogP contribution in [0.25, 0.3) is 0 Å². The number of benzene rings is 1. The third-order valence-electron chi connectivity index (χ3n) is 4.73. The van der Waals surface area contributed by atoms with Gasteiger partial charge in [0, 0.05) is 24.4 Å². The van der Waals surface area contributed by atoms with Crippen molar-refractivity contribution in [3.63, 3.8) is 0 Å². The van der Waals surface area contributed by atoms with Crippen LogP contribution in [0.3, 0.4) is 0 Å². The molecule has 25 heavy (non-hydrogen) atoms. The van der Waals surface area contributed by atoms with Crippen molar-refractivity contribution < 1.29 is 9.50 Å². The lowest BCUT2D eigenvalue weighted by molar-refractivity contribution is 0.134. The molecule has 0 bridgehead atoms. The van der Waals surface area contributed by atoms with Gasteiger partial charge in [-0.2, -0.15) is 0 Å². The van der Waals surface area contributed by atoms with E-state index < -0.39 is 0 Å². The molecule has 0 amide bonds. The number of nitrogens with one attached hydrogen (secondary N) is 2. The van der Waals surface area contributed by atoms with Crippen molar-refractivity contribution in [2.45, 2.75) is 51.6 Å². The van der Waals surface area contributed by atoms with Crippen LogP contribution in [0.15, 0.2) is 29.3 Å². The summed E-state index contributed by atoms with van der Waals surface area (Å²) < 4.78 is 13.5. The van der Waals surface area contributed by atoms with Crippen molar-refractivity contribution in [3.8, 4) is 0 Å². The molecule has 0 aromatic heterocycles. The molecule has 0 saturated heterocycles. The third kappa shape index (κ3) is 6.73. The Morgan fingerprint density at radius 2 is 2.08 bits per heavy atom. The van der Waals surface area contributed by atoms with E-state index in [0.717, 1.165) is 43.9 Å². The lowest BCUT2D eigenvalue weighted by Crippen LogP contribution is -2.41. The summed E-state index contributed by atoms with van der Waals surface area (Å²) in [6.45, 7) is 8.22. The second kappa shape index (κ2) is 10.3. The van der Waals surface area contributed by atoms with Gasteiger partial charge in [-0.1, -0.05) is 32.4 Å². The highest BCUT2D eigenvalue weighted by Gasteiger charge is 2.25. The van der Waals surface area contributed by atoms with Crippen molar-refractivity contribution in [1.82, 2.24) is 10.6 Å². The Labute approximate surface area is 167 Å². The van der Waals surface area contributed by atoms with E-state index in [9.17, 15) is 9.50 Å². The summed E-state index contributed by atoms with van der Waals surface area (Å²) in [7, 11) is 0. The van der Waals surface area contributed by atoms with Gasteiger partial charge in [0.25, 0.3) is 0 Å². The molecule has 3 N–H and O–H groups in total. The van der Waals surface area contributed by atoms with E-state index in [4.69, 9.17) is 0 Å². The first-order valence-corrected chi connectivity index (χ1v) is 8.88. The van der Waals surface area contributed by atoms with Crippen LogP contribution in [0.4, 0.5) is 4.39 Å². The van der Waals surface area contributed by atoms with E-state index in [0.29, 0.717) is 12.5 Å². The maximum absolute atomic E-state index is 13.5. The van der Waals surface area contributed by atoms with Crippen molar-refractivity contribution >= 4 is 29.9 Å². The summed E-state index contributed by atoms with van der Waals surface area (Å²) in [4.78, 5) is 4.67. The number of aliphatic imine (C=N–C) groups is 1. The Bertz CT molecular complexity index is 565. The molecule has 2 atom stereocenters. The molecule has 2 unspecified atom stereocenters. The van der Waals surface area contributed by atoms with E-state index in [2.05, 4.69) is 29.5 Å². The molecule has 0 radical (unpaired) electrons. The van der Waals surface area contributed by atoms with Gasteiger partial charge >= 0.3 is 0 Å². The maximum atomic E-state index is 13.5. The number of nitrogens with zero attached hydrogens (tertiary/aromatic N) is 1. The van der Waals surface area contributed by atoms with Crippen LogP contribution < -0.4 is 10.6 Å². The molecule has 1 saturated carbocycles. The quantitative estimate of drug-likeness (QED) is 0.344. The summed E-state index contributed by atoms with van der Waals surface area (Å²) in [5.41, 5.74) is 0.686. The number of halogens is 2. The van der Waals surface area contributed by atoms with Gasteiger partial charge in [0.15, 0.2) is 5.96 Å². The Morgan fingerprint density at radius 1 is 1.32 bits per heavy atom. The van der Waals surface area contributed by atoms with E-state index in [1.807, 2.05) is 13.0 Å². The predicted molar refractivity (Wildman–Crippen MR) is 112 cm³/mol. The molecule has 1 aliphatic rings. The lowest BCUT2D eigenvalue weighted by Gasteiger charge is -2.24. The van der Waals surface area contributed by atoms with E-state index in [1.165, 1.54) is 6.07 Å². The van der Waals surface area contributed by atoms with Crippen molar-refractivity contribution in [2.24, 2.45) is 10.9 Å².